The van der Waals surface area contributed by atoms with Crippen LogP contribution in [0, 0.1) is 0 Å². The van der Waals surface area contributed by atoms with Gasteiger partial charge in [-0.3, -0.25) is 9.48 Å². The molecule has 132 valence electrons. The Morgan fingerprint density at radius 3 is 2.76 bits per heavy atom. The van der Waals surface area contributed by atoms with Gasteiger partial charge in [0.25, 0.3) is 0 Å². The number of likely N-dealkylation sites (tertiary alicyclic amines) is 1. The summed E-state index contributed by atoms with van der Waals surface area (Å²) in [5.41, 5.74) is 1.62. The summed E-state index contributed by atoms with van der Waals surface area (Å²) in [7, 11) is 0. The molecule has 1 fully saturated rings. The average molecular weight is 341 g/mol. The van der Waals surface area contributed by atoms with Crippen LogP contribution < -0.4 is 10.6 Å². The van der Waals surface area contributed by atoms with Crippen LogP contribution in [-0.2, 0) is 11.3 Å². The standard InChI is InChI=1S/C18H23N5O2/c1-2-23-12-15(11-19-23)20-18(25)21-16(14-7-4-3-5-8-14)13-22-10-6-9-17(22)24/h3-5,7-8,11-12,16H,2,6,9-10,13H2,1H3,(H2,20,21,25)/t16-/m0/s1. The van der Waals surface area contributed by atoms with Gasteiger partial charge < -0.3 is 15.5 Å². The molecule has 7 nitrogen and oxygen atoms in total. The monoisotopic (exact) mass is 341 g/mol. The number of carbonyl (C=O) groups is 2. The minimum Gasteiger partial charge on any atom is -0.340 e. The summed E-state index contributed by atoms with van der Waals surface area (Å²) in [6.07, 6.45) is 4.86. The van der Waals surface area contributed by atoms with E-state index in [0.717, 1.165) is 25.1 Å². The van der Waals surface area contributed by atoms with Crippen molar-refractivity contribution in [3.63, 3.8) is 0 Å². The number of rotatable bonds is 6. The quantitative estimate of drug-likeness (QED) is 0.847. The number of aromatic nitrogens is 2. The molecule has 0 saturated carbocycles. The summed E-state index contributed by atoms with van der Waals surface area (Å²) in [5, 5.41) is 9.91. The fourth-order valence-corrected chi connectivity index (χ4v) is 2.96. The topological polar surface area (TPSA) is 79.3 Å². The van der Waals surface area contributed by atoms with Crippen LogP contribution in [0.15, 0.2) is 42.7 Å². The number of hydrogen-bond donors (Lipinski definition) is 2. The van der Waals surface area contributed by atoms with E-state index in [-0.39, 0.29) is 18.0 Å². The maximum Gasteiger partial charge on any atom is 0.319 e. The first-order valence-electron chi connectivity index (χ1n) is 8.58. The Morgan fingerprint density at radius 2 is 2.12 bits per heavy atom. The molecule has 0 spiro atoms. The molecule has 25 heavy (non-hydrogen) atoms. The largest absolute Gasteiger partial charge is 0.340 e. The van der Waals surface area contributed by atoms with Crippen LogP contribution in [0.2, 0.25) is 0 Å². The Kier molecular flexibility index (Phi) is 5.33. The first kappa shape index (κ1) is 17.0. The van der Waals surface area contributed by atoms with E-state index in [1.807, 2.05) is 42.2 Å². The van der Waals surface area contributed by atoms with Crippen LogP contribution in [0.25, 0.3) is 0 Å². The van der Waals surface area contributed by atoms with Crippen LogP contribution >= 0.6 is 0 Å². The molecule has 1 aromatic carbocycles. The number of urea groups is 1. The molecule has 1 saturated heterocycles. The Labute approximate surface area is 147 Å². The predicted octanol–water partition coefficient (Wildman–Crippen LogP) is 2.39. The molecule has 1 aliphatic heterocycles. The average Bonchev–Trinajstić information content (AvgIpc) is 3.24. The summed E-state index contributed by atoms with van der Waals surface area (Å²) in [6, 6.07) is 9.14. The number of aryl methyl sites for hydroxylation is 1. The zero-order chi connectivity index (χ0) is 17.6. The number of carbonyl (C=O) groups excluding carboxylic acids is 2. The van der Waals surface area contributed by atoms with Gasteiger partial charge in [0.2, 0.25) is 5.91 Å². The van der Waals surface area contributed by atoms with Gasteiger partial charge in [-0.05, 0) is 18.9 Å². The van der Waals surface area contributed by atoms with E-state index < -0.39 is 0 Å². The third-order valence-corrected chi connectivity index (χ3v) is 4.30. The summed E-state index contributed by atoms with van der Waals surface area (Å²) >= 11 is 0. The Hall–Kier alpha value is -2.83. The van der Waals surface area contributed by atoms with Crippen LogP contribution in [-0.4, -0.2) is 39.7 Å². The highest BCUT2D eigenvalue weighted by atomic mass is 16.2. The van der Waals surface area contributed by atoms with E-state index in [4.69, 9.17) is 0 Å². The third kappa shape index (κ3) is 4.37. The maximum absolute atomic E-state index is 12.4. The third-order valence-electron chi connectivity index (χ3n) is 4.30. The maximum atomic E-state index is 12.4. The smallest absolute Gasteiger partial charge is 0.319 e. The van der Waals surface area contributed by atoms with E-state index in [9.17, 15) is 9.59 Å². The number of nitrogens with zero attached hydrogens (tertiary/aromatic N) is 3. The highest BCUT2D eigenvalue weighted by Gasteiger charge is 2.25. The molecule has 1 aromatic heterocycles. The van der Waals surface area contributed by atoms with E-state index in [0.29, 0.717) is 18.7 Å². The van der Waals surface area contributed by atoms with Crippen LogP contribution in [0.5, 0.6) is 0 Å². The fraction of sp³-hybridized carbons (Fsp3) is 0.389. The van der Waals surface area contributed by atoms with Gasteiger partial charge in [0.05, 0.1) is 17.9 Å². The Balaban J connectivity index is 1.68. The normalized spacial score (nSPS) is 15.2. The Bertz CT molecular complexity index is 728. The van der Waals surface area contributed by atoms with Gasteiger partial charge in [-0.15, -0.1) is 0 Å². The molecular weight excluding hydrogens is 318 g/mol. The van der Waals surface area contributed by atoms with Crippen molar-refractivity contribution in [3.8, 4) is 0 Å². The van der Waals surface area contributed by atoms with E-state index in [1.165, 1.54) is 0 Å². The fourth-order valence-electron chi connectivity index (χ4n) is 2.96. The second kappa shape index (κ2) is 7.83. The zero-order valence-electron chi connectivity index (χ0n) is 14.3. The SMILES string of the molecule is CCn1cc(NC(=O)N[C@@H](CN2CCCC2=O)c2ccccc2)cn1. The molecule has 3 rings (SSSR count). The summed E-state index contributed by atoms with van der Waals surface area (Å²) in [5.74, 6) is 0.146. The molecule has 2 heterocycles. The summed E-state index contributed by atoms with van der Waals surface area (Å²) in [4.78, 5) is 26.1. The van der Waals surface area contributed by atoms with Crippen molar-refractivity contribution in [2.75, 3.05) is 18.4 Å². The summed E-state index contributed by atoms with van der Waals surface area (Å²) < 4.78 is 1.74. The lowest BCUT2D eigenvalue weighted by Crippen LogP contribution is -2.40. The van der Waals surface area contributed by atoms with Gasteiger partial charge in [0, 0.05) is 32.3 Å². The van der Waals surface area contributed by atoms with Gasteiger partial charge in [0.1, 0.15) is 0 Å². The second-order valence-electron chi connectivity index (χ2n) is 6.09. The van der Waals surface area contributed by atoms with Crippen LogP contribution in [0.4, 0.5) is 10.5 Å². The first-order chi connectivity index (χ1) is 12.2. The van der Waals surface area contributed by atoms with Crippen molar-refractivity contribution >= 4 is 17.6 Å². The molecule has 0 bridgehead atoms. The predicted molar refractivity (Wildman–Crippen MR) is 95.1 cm³/mol. The van der Waals surface area contributed by atoms with Crippen molar-refractivity contribution < 1.29 is 9.59 Å². The lowest BCUT2D eigenvalue weighted by molar-refractivity contribution is -0.128. The highest BCUT2D eigenvalue weighted by molar-refractivity contribution is 5.89. The van der Waals surface area contributed by atoms with Crippen LogP contribution in [0.3, 0.4) is 0 Å². The van der Waals surface area contributed by atoms with Crippen molar-refractivity contribution in [3.05, 3.63) is 48.3 Å². The van der Waals surface area contributed by atoms with Gasteiger partial charge in [-0.2, -0.15) is 5.10 Å². The molecule has 0 aliphatic carbocycles. The van der Waals surface area contributed by atoms with Crippen molar-refractivity contribution in [2.24, 2.45) is 0 Å². The van der Waals surface area contributed by atoms with Crippen LogP contribution in [0.1, 0.15) is 31.4 Å². The second-order valence-corrected chi connectivity index (χ2v) is 6.09. The lowest BCUT2D eigenvalue weighted by Gasteiger charge is -2.25. The number of amides is 3. The van der Waals surface area contributed by atoms with Crippen molar-refractivity contribution in [1.82, 2.24) is 20.0 Å². The number of anilines is 1. The molecule has 1 atom stereocenters. The van der Waals surface area contributed by atoms with Crippen molar-refractivity contribution in [1.29, 1.82) is 0 Å². The summed E-state index contributed by atoms with van der Waals surface area (Å²) in [6.45, 7) is 3.95. The molecule has 2 N–H and O–H groups in total. The van der Waals surface area contributed by atoms with Crippen molar-refractivity contribution in [2.45, 2.75) is 32.4 Å². The molecule has 2 aromatic rings. The van der Waals surface area contributed by atoms with E-state index >= 15 is 0 Å². The molecule has 7 heteroatoms. The van der Waals surface area contributed by atoms with E-state index in [1.54, 1.807) is 17.1 Å². The van der Waals surface area contributed by atoms with Gasteiger partial charge in [-0.1, -0.05) is 30.3 Å². The minimum absolute atomic E-state index is 0.146. The minimum atomic E-state index is -0.309. The number of benzene rings is 1. The van der Waals surface area contributed by atoms with Gasteiger partial charge in [0.15, 0.2) is 0 Å². The first-order valence-corrected chi connectivity index (χ1v) is 8.58. The Morgan fingerprint density at radius 1 is 1.32 bits per heavy atom. The van der Waals surface area contributed by atoms with Gasteiger partial charge >= 0.3 is 6.03 Å². The zero-order valence-corrected chi connectivity index (χ0v) is 14.3. The molecule has 0 radical (unpaired) electrons. The molecule has 3 amide bonds. The highest BCUT2D eigenvalue weighted by Crippen LogP contribution is 2.19. The molecule has 1 aliphatic rings. The molecular formula is C18H23N5O2. The number of hydrogen-bond acceptors (Lipinski definition) is 3. The lowest BCUT2D eigenvalue weighted by atomic mass is 10.1. The molecule has 0 unspecified atom stereocenters. The number of nitrogens with one attached hydrogen (secondary N) is 2. The van der Waals surface area contributed by atoms with E-state index in [2.05, 4.69) is 15.7 Å². The van der Waals surface area contributed by atoms with Gasteiger partial charge in [-0.25, -0.2) is 4.79 Å².